The lowest BCUT2D eigenvalue weighted by atomic mass is 10.2. The van der Waals surface area contributed by atoms with E-state index in [0.29, 0.717) is 31.4 Å². The van der Waals surface area contributed by atoms with Crippen molar-refractivity contribution in [1.29, 1.82) is 0 Å². The number of carbonyl (C=O) groups excluding carboxylic acids is 4. The van der Waals surface area contributed by atoms with Crippen molar-refractivity contribution >= 4 is 47.5 Å². The zero-order valence-corrected chi connectivity index (χ0v) is 20.8. The predicted octanol–water partition coefficient (Wildman–Crippen LogP) is 1.47. The third-order valence-corrected chi connectivity index (χ3v) is 5.82. The largest absolute Gasteiger partial charge is 0.464 e. The Labute approximate surface area is 198 Å². The second-order valence-electron chi connectivity index (χ2n) is 7.93. The summed E-state index contributed by atoms with van der Waals surface area (Å²) in [5.41, 5.74) is 0. The number of morpholine rings is 1. The van der Waals surface area contributed by atoms with Crippen LogP contribution in [0.25, 0.3) is 0 Å². The molecule has 12 heteroatoms. The van der Waals surface area contributed by atoms with Crippen molar-refractivity contribution in [3.8, 4) is 0 Å². The average molecular weight is 495 g/mol. The van der Waals surface area contributed by atoms with Crippen LogP contribution in [0.3, 0.4) is 0 Å². The normalized spacial score (nSPS) is 15.7. The summed E-state index contributed by atoms with van der Waals surface area (Å²) in [4.78, 5) is 50.5. The highest BCUT2D eigenvalue weighted by atomic mass is 32.2. The standard InChI is InChI=1S/C20H34N2O8S2/c1-14(2)16(23)29-13-30-19(26)32-20(3,4)18(25)21-15(12-31)17(24)28-9-5-6-22-7-10-27-11-8-22/h14-15,31H,5-13H2,1-4H3,(H,21,25)/t15-/m0/s1. The molecule has 1 aliphatic heterocycles. The second kappa shape index (κ2) is 14.6. The molecule has 0 aromatic rings. The summed E-state index contributed by atoms with van der Waals surface area (Å²) in [6, 6.07) is -0.947. The van der Waals surface area contributed by atoms with Gasteiger partial charge in [0.2, 0.25) is 12.7 Å². The molecule has 0 radical (unpaired) electrons. The fourth-order valence-corrected chi connectivity index (χ4v) is 3.40. The van der Waals surface area contributed by atoms with Crippen molar-refractivity contribution in [3.63, 3.8) is 0 Å². The Morgan fingerprint density at radius 1 is 1.09 bits per heavy atom. The number of carbonyl (C=O) groups is 4. The van der Waals surface area contributed by atoms with Crippen LogP contribution in [0.4, 0.5) is 4.79 Å². The lowest BCUT2D eigenvalue weighted by Gasteiger charge is -2.26. The molecule has 1 fully saturated rings. The van der Waals surface area contributed by atoms with Gasteiger partial charge in [-0.1, -0.05) is 13.8 Å². The van der Waals surface area contributed by atoms with Gasteiger partial charge < -0.3 is 24.3 Å². The van der Waals surface area contributed by atoms with Gasteiger partial charge in [0.05, 0.1) is 30.5 Å². The van der Waals surface area contributed by atoms with Crippen molar-refractivity contribution < 1.29 is 38.1 Å². The highest BCUT2D eigenvalue weighted by Gasteiger charge is 2.35. The topological polar surface area (TPSA) is 120 Å². The number of hydrogen-bond donors (Lipinski definition) is 2. The van der Waals surface area contributed by atoms with Crippen molar-refractivity contribution in [2.24, 2.45) is 5.92 Å². The molecule has 0 unspecified atom stereocenters. The fourth-order valence-electron chi connectivity index (χ4n) is 2.48. The van der Waals surface area contributed by atoms with Crippen LogP contribution in [0.2, 0.25) is 0 Å². The van der Waals surface area contributed by atoms with Crippen LogP contribution in [0.15, 0.2) is 0 Å². The predicted molar refractivity (Wildman–Crippen MR) is 123 cm³/mol. The minimum Gasteiger partial charge on any atom is -0.464 e. The Balaban J connectivity index is 2.38. The molecular formula is C20H34N2O8S2. The first-order valence-electron chi connectivity index (χ1n) is 10.5. The monoisotopic (exact) mass is 494 g/mol. The molecule has 0 spiro atoms. The summed E-state index contributed by atoms with van der Waals surface area (Å²) >= 11 is 4.73. The van der Waals surface area contributed by atoms with E-state index in [1.165, 1.54) is 13.8 Å². The van der Waals surface area contributed by atoms with Crippen LogP contribution in [-0.4, -0.2) is 90.8 Å². The van der Waals surface area contributed by atoms with Gasteiger partial charge in [-0.25, -0.2) is 9.59 Å². The number of nitrogens with zero attached hydrogens (tertiary/aromatic N) is 1. The van der Waals surface area contributed by atoms with E-state index in [1.807, 2.05) is 0 Å². The molecule has 32 heavy (non-hydrogen) atoms. The van der Waals surface area contributed by atoms with Crippen molar-refractivity contribution in [3.05, 3.63) is 0 Å². The summed E-state index contributed by atoms with van der Waals surface area (Å²) in [6.07, 6.45) is 0.674. The van der Waals surface area contributed by atoms with Gasteiger partial charge in [-0.3, -0.25) is 14.5 Å². The highest BCUT2D eigenvalue weighted by molar-refractivity contribution is 8.15. The summed E-state index contributed by atoms with van der Waals surface area (Å²) in [6.45, 7) is 9.96. The van der Waals surface area contributed by atoms with Crippen LogP contribution in [0.5, 0.6) is 0 Å². The van der Waals surface area contributed by atoms with Gasteiger partial charge in [0.1, 0.15) is 6.04 Å². The maximum Gasteiger partial charge on any atom is 0.371 e. The molecule has 1 N–H and O–H groups in total. The smallest absolute Gasteiger partial charge is 0.371 e. The Morgan fingerprint density at radius 3 is 2.34 bits per heavy atom. The van der Waals surface area contributed by atoms with Gasteiger partial charge in [0.25, 0.3) is 0 Å². The number of ether oxygens (including phenoxy) is 4. The Morgan fingerprint density at radius 2 is 1.75 bits per heavy atom. The Kier molecular flexibility index (Phi) is 13.0. The lowest BCUT2D eigenvalue weighted by molar-refractivity contribution is -0.155. The molecule has 0 bridgehead atoms. The molecule has 1 saturated heterocycles. The molecular weight excluding hydrogens is 460 g/mol. The van der Waals surface area contributed by atoms with Crippen LogP contribution in [0.1, 0.15) is 34.1 Å². The second-order valence-corrected chi connectivity index (χ2v) is 9.85. The van der Waals surface area contributed by atoms with Crippen LogP contribution in [0, 0.1) is 5.92 Å². The van der Waals surface area contributed by atoms with E-state index in [0.717, 1.165) is 19.6 Å². The Hall–Kier alpha value is -1.50. The quantitative estimate of drug-likeness (QED) is 0.179. The molecule has 0 saturated carbocycles. The van der Waals surface area contributed by atoms with E-state index in [4.69, 9.17) is 18.9 Å². The first kappa shape index (κ1) is 28.5. The molecule has 0 aromatic heterocycles. The van der Waals surface area contributed by atoms with E-state index in [2.05, 4.69) is 22.8 Å². The summed E-state index contributed by atoms with van der Waals surface area (Å²) < 4.78 is 18.9. The summed E-state index contributed by atoms with van der Waals surface area (Å²) in [5, 5.41) is 1.78. The van der Waals surface area contributed by atoms with E-state index < -0.39 is 40.7 Å². The van der Waals surface area contributed by atoms with E-state index >= 15 is 0 Å². The molecule has 1 atom stereocenters. The van der Waals surface area contributed by atoms with Gasteiger partial charge in [-0.05, 0) is 32.0 Å². The van der Waals surface area contributed by atoms with E-state index in [1.54, 1.807) is 13.8 Å². The number of thiol groups is 1. The van der Waals surface area contributed by atoms with Crippen molar-refractivity contribution in [2.75, 3.05) is 52.0 Å². The van der Waals surface area contributed by atoms with E-state index in [-0.39, 0.29) is 18.3 Å². The lowest BCUT2D eigenvalue weighted by Crippen LogP contribution is -2.50. The van der Waals surface area contributed by atoms with Crippen molar-refractivity contribution in [1.82, 2.24) is 10.2 Å². The number of thioether (sulfide) groups is 1. The molecule has 10 nitrogen and oxygen atoms in total. The van der Waals surface area contributed by atoms with Crippen LogP contribution >= 0.6 is 24.4 Å². The highest BCUT2D eigenvalue weighted by Crippen LogP contribution is 2.26. The zero-order chi connectivity index (χ0) is 24.1. The fraction of sp³-hybridized carbons (Fsp3) is 0.800. The molecule has 1 rings (SSSR count). The van der Waals surface area contributed by atoms with Gasteiger partial charge in [0, 0.05) is 25.4 Å². The molecule has 1 amide bonds. The maximum absolute atomic E-state index is 12.6. The third-order valence-electron chi connectivity index (χ3n) is 4.47. The SMILES string of the molecule is CC(C)C(=O)OCOC(=O)SC(C)(C)C(=O)N[C@@H](CS)C(=O)OCCCN1CCOCC1. The number of nitrogens with one attached hydrogen (secondary N) is 1. The minimum atomic E-state index is -1.24. The van der Waals surface area contributed by atoms with E-state index in [9.17, 15) is 19.2 Å². The van der Waals surface area contributed by atoms with Crippen LogP contribution < -0.4 is 5.32 Å². The number of esters is 2. The number of rotatable bonds is 12. The first-order valence-corrected chi connectivity index (χ1v) is 11.9. The van der Waals surface area contributed by atoms with Gasteiger partial charge in [-0.2, -0.15) is 12.6 Å². The zero-order valence-electron chi connectivity index (χ0n) is 19.1. The maximum atomic E-state index is 12.6. The molecule has 0 aromatic carbocycles. The molecule has 0 aliphatic carbocycles. The number of amides is 1. The molecule has 1 heterocycles. The first-order chi connectivity index (χ1) is 15.1. The molecule has 184 valence electrons. The number of hydrogen-bond acceptors (Lipinski definition) is 11. The third kappa shape index (κ3) is 10.9. The van der Waals surface area contributed by atoms with Gasteiger partial charge in [-0.15, -0.1) is 0 Å². The van der Waals surface area contributed by atoms with Crippen LogP contribution in [-0.2, 0) is 33.3 Å². The molecule has 1 aliphatic rings. The summed E-state index contributed by atoms with van der Waals surface area (Å²) in [7, 11) is 0. The Bertz CT molecular complexity index is 639. The van der Waals surface area contributed by atoms with Gasteiger partial charge in [0.15, 0.2) is 0 Å². The average Bonchev–Trinajstić information content (AvgIpc) is 2.74. The van der Waals surface area contributed by atoms with Crippen molar-refractivity contribution in [2.45, 2.75) is 44.9 Å². The van der Waals surface area contributed by atoms with Gasteiger partial charge >= 0.3 is 17.2 Å². The minimum absolute atomic E-state index is 0.0460. The summed E-state index contributed by atoms with van der Waals surface area (Å²) in [5.74, 6) is -1.94.